The summed E-state index contributed by atoms with van der Waals surface area (Å²) < 4.78 is 10.7. The van der Waals surface area contributed by atoms with Crippen LogP contribution in [0.3, 0.4) is 0 Å². The van der Waals surface area contributed by atoms with Gasteiger partial charge >= 0.3 is 5.97 Å². The normalized spacial score (nSPS) is 14.3. The number of rotatable bonds is 11. The lowest BCUT2D eigenvalue weighted by Gasteiger charge is -2.28. The summed E-state index contributed by atoms with van der Waals surface area (Å²) in [5, 5.41) is 0. The Morgan fingerprint density at radius 2 is 1.82 bits per heavy atom. The zero-order chi connectivity index (χ0) is 17.2. The first-order valence-electron chi connectivity index (χ1n) is 7.41. The zero-order valence-corrected chi connectivity index (χ0v) is 14.6. The van der Waals surface area contributed by atoms with Crippen LogP contribution in [-0.2, 0) is 19.1 Å². The fourth-order valence-corrected chi connectivity index (χ4v) is 1.91. The molecule has 5 N–H and O–H groups in total. The SMILES string of the molecule is CC(C)(CCOC(C)(N)C(=O)NN)OC(=O)CCCCCS. The van der Waals surface area contributed by atoms with E-state index in [9.17, 15) is 9.59 Å². The minimum Gasteiger partial charge on any atom is -0.460 e. The van der Waals surface area contributed by atoms with Gasteiger partial charge in [-0.15, -0.1) is 0 Å². The Kier molecular flexibility index (Phi) is 9.66. The maximum absolute atomic E-state index is 11.7. The highest BCUT2D eigenvalue weighted by Gasteiger charge is 2.30. The fraction of sp³-hybridized carbons (Fsp3) is 0.857. The molecule has 0 aliphatic carbocycles. The zero-order valence-electron chi connectivity index (χ0n) is 13.7. The number of hydrogen-bond donors (Lipinski definition) is 4. The third kappa shape index (κ3) is 9.24. The number of thiol groups is 1. The summed E-state index contributed by atoms with van der Waals surface area (Å²) in [4.78, 5) is 23.1. The quantitative estimate of drug-likeness (QED) is 0.0846. The van der Waals surface area contributed by atoms with Crippen LogP contribution < -0.4 is 17.0 Å². The van der Waals surface area contributed by atoms with Crippen molar-refractivity contribution in [2.45, 2.75) is 64.2 Å². The summed E-state index contributed by atoms with van der Waals surface area (Å²) in [6, 6.07) is 0. The van der Waals surface area contributed by atoms with E-state index in [1.54, 1.807) is 13.8 Å². The Labute approximate surface area is 137 Å². The van der Waals surface area contributed by atoms with Crippen molar-refractivity contribution in [1.82, 2.24) is 5.43 Å². The standard InChI is InChI=1S/C14H29N3O4S/c1-13(2,21-11(18)7-5-4-6-10-22)8-9-20-14(3,15)12(19)17-16/h22H,4-10,15-16H2,1-3H3,(H,17,19). The summed E-state index contributed by atoms with van der Waals surface area (Å²) in [7, 11) is 0. The molecule has 1 atom stereocenters. The van der Waals surface area contributed by atoms with Crippen molar-refractivity contribution < 1.29 is 19.1 Å². The number of nitrogens with two attached hydrogens (primary N) is 2. The van der Waals surface area contributed by atoms with Crippen LogP contribution >= 0.6 is 12.6 Å². The Morgan fingerprint density at radius 1 is 1.18 bits per heavy atom. The van der Waals surface area contributed by atoms with Crippen molar-refractivity contribution >= 4 is 24.5 Å². The molecule has 0 aromatic heterocycles. The Morgan fingerprint density at radius 3 is 2.36 bits per heavy atom. The number of carbonyl (C=O) groups is 2. The number of esters is 1. The van der Waals surface area contributed by atoms with E-state index in [1.807, 2.05) is 5.43 Å². The van der Waals surface area contributed by atoms with Crippen LogP contribution in [0, 0.1) is 0 Å². The molecular weight excluding hydrogens is 306 g/mol. The van der Waals surface area contributed by atoms with Gasteiger partial charge < -0.3 is 9.47 Å². The highest BCUT2D eigenvalue weighted by atomic mass is 32.1. The third-order valence-corrected chi connectivity index (χ3v) is 3.43. The van der Waals surface area contributed by atoms with Gasteiger partial charge in [0.05, 0.1) is 6.61 Å². The molecule has 0 saturated heterocycles. The summed E-state index contributed by atoms with van der Waals surface area (Å²) in [6.07, 6.45) is 3.56. The topological polar surface area (TPSA) is 117 Å². The van der Waals surface area contributed by atoms with E-state index in [0.29, 0.717) is 12.8 Å². The molecule has 8 heteroatoms. The van der Waals surface area contributed by atoms with Crippen molar-refractivity contribution in [3.05, 3.63) is 0 Å². The summed E-state index contributed by atoms with van der Waals surface area (Å²) >= 11 is 4.12. The van der Waals surface area contributed by atoms with Crippen LogP contribution in [0.15, 0.2) is 0 Å². The van der Waals surface area contributed by atoms with E-state index < -0.39 is 17.2 Å². The molecule has 0 aliphatic rings. The number of ether oxygens (including phenoxy) is 2. The molecule has 0 fully saturated rings. The van der Waals surface area contributed by atoms with Gasteiger partial charge in [0.2, 0.25) is 0 Å². The van der Waals surface area contributed by atoms with Crippen molar-refractivity contribution in [3.63, 3.8) is 0 Å². The second-order valence-corrected chi connectivity index (χ2v) is 6.39. The lowest BCUT2D eigenvalue weighted by atomic mass is 10.1. The molecule has 0 rings (SSSR count). The number of hydrogen-bond acceptors (Lipinski definition) is 7. The maximum atomic E-state index is 11.7. The van der Waals surface area contributed by atoms with E-state index in [1.165, 1.54) is 6.92 Å². The van der Waals surface area contributed by atoms with Crippen LogP contribution in [0.2, 0.25) is 0 Å². The molecule has 0 aromatic rings. The predicted octanol–water partition coefficient (Wildman–Crippen LogP) is 0.870. The van der Waals surface area contributed by atoms with Gasteiger partial charge in [-0.25, -0.2) is 5.84 Å². The average molecular weight is 335 g/mol. The van der Waals surface area contributed by atoms with Crippen molar-refractivity contribution in [3.8, 4) is 0 Å². The third-order valence-electron chi connectivity index (χ3n) is 3.12. The molecule has 130 valence electrons. The molecule has 0 saturated carbocycles. The van der Waals surface area contributed by atoms with E-state index in [0.717, 1.165) is 25.0 Å². The monoisotopic (exact) mass is 335 g/mol. The molecule has 0 heterocycles. The predicted molar refractivity (Wildman–Crippen MR) is 88.0 cm³/mol. The summed E-state index contributed by atoms with van der Waals surface area (Å²) in [5.41, 5.74) is 5.41. The molecule has 0 bridgehead atoms. The van der Waals surface area contributed by atoms with Gasteiger partial charge in [-0.3, -0.25) is 20.7 Å². The minimum absolute atomic E-state index is 0.167. The van der Waals surface area contributed by atoms with Crippen LogP contribution in [0.4, 0.5) is 0 Å². The summed E-state index contributed by atoms with van der Waals surface area (Å²) in [6.45, 7) is 5.16. The lowest BCUT2D eigenvalue weighted by molar-refractivity contribution is -0.161. The maximum Gasteiger partial charge on any atom is 0.306 e. The number of hydrazine groups is 1. The number of nitrogens with one attached hydrogen (secondary N) is 1. The van der Waals surface area contributed by atoms with Crippen LogP contribution in [0.1, 0.15) is 52.9 Å². The molecule has 1 unspecified atom stereocenters. The lowest BCUT2D eigenvalue weighted by Crippen LogP contribution is -2.55. The highest BCUT2D eigenvalue weighted by Crippen LogP contribution is 2.18. The number of amides is 1. The first-order valence-corrected chi connectivity index (χ1v) is 8.04. The van der Waals surface area contributed by atoms with Crippen LogP contribution in [0.25, 0.3) is 0 Å². The number of carbonyl (C=O) groups excluding carboxylic acids is 2. The van der Waals surface area contributed by atoms with Crippen molar-refractivity contribution in [1.29, 1.82) is 0 Å². The van der Waals surface area contributed by atoms with E-state index in [2.05, 4.69) is 12.6 Å². The second-order valence-electron chi connectivity index (χ2n) is 5.95. The largest absolute Gasteiger partial charge is 0.460 e. The van der Waals surface area contributed by atoms with Gasteiger partial charge in [-0.2, -0.15) is 12.6 Å². The van der Waals surface area contributed by atoms with Gasteiger partial charge in [-0.1, -0.05) is 6.42 Å². The molecule has 0 aliphatic heterocycles. The smallest absolute Gasteiger partial charge is 0.306 e. The molecule has 0 spiro atoms. The highest BCUT2D eigenvalue weighted by molar-refractivity contribution is 7.80. The van der Waals surface area contributed by atoms with E-state index >= 15 is 0 Å². The average Bonchev–Trinajstić information content (AvgIpc) is 2.41. The molecule has 0 aromatic carbocycles. The van der Waals surface area contributed by atoms with E-state index in [4.69, 9.17) is 21.1 Å². The van der Waals surface area contributed by atoms with Crippen LogP contribution in [0.5, 0.6) is 0 Å². The molecule has 0 radical (unpaired) electrons. The van der Waals surface area contributed by atoms with Gasteiger partial charge in [0.25, 0.3) is 5.91 Å². The molecular formula is C14H29N3O4S. The van der Waals surface area contributed by atoms with Gasteiger partial charge in [0.1, 0.15) is 5.60 Å². The Hall–Kier alpha value is -0.830. The fourth-order valence-electron chi connectivity index (χ4n) is 1.69. The Bertz CT molecular complexity index is 362. The Balaban J connectivity index is 4.08. The first-order chi connectivity index (χ1) is 10.1. The van der Waals surface area contributed by atoms with Gasteiger partial charge in [-0.05, 0) is 39.4 Å². The molecule has 7 nitrogen and oxygen atoms in total. The molecule has 22 heavy (non-hydrogen) atoms. The van der Waals surface area contributed by atoms with E-state index in [-0.39, 0.29) is 12.6 Å². The second kappa shape index (κ2) is 10.0. The minimum atomic E-state index is -1.51. The van der Waals surface area contributed by atoms with Crippen LogP contribution in [-0.4, -0.2) is 35.6 Å². The van der Waals surface area contributed by atoms with Gasteiger partial charge in [0, 0.05) is 12.8 Å². The molecule has 1 amide bonds. The first kappa shape index (κ1) is 21.2. The number of unbranched alkanes of at least 4 members (excludes halogenated alkanes) is 2. The van der Waals surface area contributed by atoms with Crippen molar-refractivity contribution in [2.24, 2.45) is 11.6 Å². The van der Waals surface area contributed by atoms with Crippen molar-refractivity contribution in [2.75, 3.05) is 12.4 Å². The van der Waals surface area contributed by atoms with Gasteiger partial charge in [0.15, 0.2) is 5.72 Å². The summed E-state index contributed by atoms with van der Waals surface area (Å²) in [5.74, 6) is 4.99.